The average Bonchev–Trinajstić information content (AvgIpc) is 2.77. The van der Waals surface area contributed by atoms with Gasteiger partial charge < -0.3 is 9.53 Å². The molecular formula is C24H22O4Si. The highest BCUT2D eigenvalue weighted by molar-refractivity contribution is 7.07. The fourth-order valence-corrected chi connectivity index (χ4v) is 7.06. The van der Waals surface area contributed by atoms with Crippen molar-refractivity contribution in [3.63, 3.8) is 0 Å². The summed E-state index contributed by atoms with van der Waals surface area (Å²) in [5.41, 5.74) is -0.00616. The molecule has 146 valence electrons. The van der Waals surface area contributed by atoms with Gasteiger partial charge in [0.25, 0.3) is 5.97 Å². The molecule has 0 aliphatic rings. The van der Waals surface area contributed by atoms with E-state index in [0.29, 0.717) is 0 Å². The number of carbonyl (C=O) groups excluding carboxylic acids is 1. The van der Waals surface area contributed by atoms with Crippen LogP contribution in [0.15, 0.2) is 103 Å². The highest BCUT2D eigenvalue weighted by Gasteiger charge is 2.45. The van der Waals surface area contributed by atoms with Gasteiger partial charge in [0.05, 0.1) is 0 Å². The highest BCUT2D eigenvalue weighted by Crippen LogP contribution is 2.13. The first kappa shape index (κ1) is 20.3. The van der Waals surface area contributed by atoms with Crippen LogP contribution >= 0.6 is 0 Å². The van der Waals surface area contributed by atoms with Crippen molar-refractivity contribution in [2.24, 2.45) is 0 Å². The molecule has 29 heavy (non-hydrogen) atoms. The fourth-order valence-electron chi connectivity index (χ4n) is 3.28. The Morgan fingerprint density at radius 1 is 0.724 bits per heavy atom. The number of hydrogen-bond donors (Lipinski definition) is 1. The van der Waals surface area contributed by atoms with Crippen LogP contribution in [0.4, 0.5) is 0 Å². The van der Waals surface area contributed by atoms with Crippen molar-refractivity contribution in [3.8, 4) is 0 Å². The van der Waals surface area contributed by atoms with E-state index in [4.69, 9.17) is 9.53 Å². The van der Waals surface area contributed by atoms with Gasteiger partial charge in [-0.15, -0.1) is 0 Å². The minimum absolute atomic E-state index is 0.00616. The van der Waals surface area contributed by atoms with Crippen LogP contribution < -0.4 is 15.6 Å². The number of carboxylic acids is 1. The summed E-state index contributed by atoms with van der Waals surface area (Å²) in [6.07, 6.45) is 0.0173. The number of carboxylic acid groups (broad SMARTS) is 1. The summed E-state index contributed by atoms with van der Waals surface area (Å²) in [4.78, 5) is 23.9. The second-order valence-corrected chi connectivity index (χ2v) is 9.96. The molecule has 0 spiro atoms. The van der Waals surface area contributed by atoms with E-state index in [9.17, 15) is 9.59 Å². The summed E-state index contributed by atoms with van der Waals surface area (Å²) in [5.74, 6) is -1.54. The van der Waals surface area contributed by atoms with Gasteiger partial charge in [-0.2, -0.15) is 0 Å². The standard InChI is InChI=1S/C24H22O4Si/c1-19(24(26)27)17-18-23(25)28-29(20-11-5-2-6-12-20,21-13-7-3-8-14-21)22-15-9-4-10-16-22/h2-16H,1,17-18H2,(H,26,27). The van der Waals surface area contributed by atoms with Gasteiger partial charge in [0, 0.05) is 12.0 Å². The van der Waals surface area contributed by atoms with Gasteiger partial charge in [-0.3, -0.25) is 4.79 Å². The van der Waals surface area contributed by atoms with E-state index in [-0.39, 0.29) is 18.4 Å². The molecule has 0 unspecified atom stereocenters. The molecule has 0 atom stereocenters. The Hall–Kier alpha value is -3.44. The van der Waals surface area contributed by atoms with Gasteiger partial charge in [-0.25, -0.2) is 4.79 Å². The van der Waals surface area contributed by atoms with Crippen molar-refractivity contribution < 1.29 is 19.1 Å². The SMILES string of the molecule is C=C(CCC(=O)O[Si](c1ccccc1)(c1ccccc1)c1ccccc1)C(=O)O. The van der Waals surface area contributed by atoms with Gasteiger partial charge in [-0.05, 0) is 22.0 Å². The summed E-state index contributed by atoms with van der Waals surface area (Å²) in [6.45, 7) is 3.50. The van der Waals surface area contributed by atoms with E-state index in [2.05, 4.69) is 6.58 Å². The van der Waals surface area contributed by atoms with Crippen LogP contribution in [-0.4, -0.2) is 25.4 Å². The van der Waals surface area contributed by atoms with E-state index in [1.165, 1.54) is 0 Å². The Bertz CT molecular complexity index is 888. The second-order valence-electron chi connectivity index (χ2n) is 6.66. The summed E-state index contributed by atoms with van der Waals surface area (Å²) >= 11 is 0. The predicted molar refractivity (Wildman–Crippen MR) is 116 cm³/mol. The summed E-state index contributed by atoms with van der Waals surface area (Å²) < 4.78 is 6.29. The normalized spacial score (nSPS) is 10.9. The smallest absolute Gasteiger partial charge is 0.350 e. The molecule has 0 fully saturated rings. The predicted octanol–water partition coefficient (Wildman–Crippen LogP) is 2.62. The number of hydrogen-bond acceptors (Lipinski definition) is 3. The van der Waals surface area contributed by atoms with Crippen molar-refractivity contribution in [3.05, 3.63) is 103 Å². The van der Waals surface area contributed by atoms with Crippen LogP contribution in [0.25, 0.3) is 0 Å². The Morgan fingerprint density at radius 3 is 1.45 bits per heavy atom. The zero-order valence-corrected chi connectivity index (χ0v) is 17.0. The van der Waals surface area contributed by atoms with E-state index in [1.807, 2.05) is 91.0 Å². The third-order valence-electron chi connectivity index (χ3n) is 4.74. The van der Waals surface area contributed by atoms with Gasteiger partial charge in [0.1, 0.15) is 0 Å². The number of aliphatic carboxylic acids is 1. The highest BCUT2D eigenvalue weighted by atomic mass is 28.4. The van der Waals surface area contributed by atoms with Crippen LogP contribution in [-0.2, 0) is 14.0 Å². The van der Waals surface area contributed by atoms with Gasteiger partial charge in [0.15, 0.2) is 0 Å². The van der Waals surface area contributed by atoms with Crippen LogP contribution in [0.1, 0.15) is 12.8 Å². The Labute approximate surface area is 171 Å². The molecule has 3 aromatic rings. The maximum absolute atomic E-state index is 12.9. The van der Waals surface area contributed by atoms with Crippen molar-refractivity contribution in [2.75, 3.05) is 0 Å². The van der Waals surface area contributed by atoms with E-state index in [1.54, 1.807) is 0 Å². The maximum Gasteiger partial charge on any atom is 0.350 e. The minimum Gasteiger partial charge on any atom is -0.506 e. The summed E-state index contributed by atoms with van der Waals surface area (Å²) in [6, 6.07) is 29.3. The van der Waals surface area contributed by atoms with Crippen LogP contribution in [0.3, 0.4) is 0 Å². The monoisotopic (exact) mass is 402 g/mol. The first-order valence-corrected chi connectivity index (χ1v) is 11.2. The van der Waals surface area contributed by atoms with Crippen molar-refractivity contribution >= 4 is 35.8 Å². The van der Waals surface area contributed by atoms with Crippen molar-refractivity contribution in [1.82, 2.24) is 0 Å². The lowest BCUT2D eigenvalue weighted by Crippen LogP contribution is -2.70. The number of benzene rings is 3. The average molecular weight is 403 g/mol. The van der Waals surface area contributed by atoms with Crippen LogP contribution in [0.2, 0.25) is 0 Å². The molecule has 0 bridgehead atoms. The zero-order chi connectivity index (χ0) is 20.7. The lowest BCUT2D eigenvalue weighted by Gasteiger charge is -2.32. The first-order valence-electron chi connectivity index (χ1n) is 9.33. The fraction of sp³-hybridized carbons (Fsp3) is 0.0833. The summed E-state index contributed by atoms with van der Waals surface area (Å²) in [5, 5.41) is 11.9. The molecule has 0 aromatic heterocycles. The Morgan fingerprint density at radius 2 is 1.10 bits per heavy atom. The van der Waals surface area contributed by atoms with E-state index >= 15 is 0 Å². The molecule has 0 heterocycles. The number of rotatable bonds is 8. The summed E-state index contributed by atoms with van der Waals surface area (Å²) in [7, 11) is -3.11. The molecule has 0 radical (unpaired) electrons. The lowest BCUT2D eigenvalue weighted by molar-refractivity contribution is -0.135. The molecule has 3 aromatic carbocycles. The zero-order valence-electron chi connectivity index (χ0n) is 16.0. The third kappa shape index (κ3) is 4.52. The Kier molecular flexibility index (Phi) is 6.42. The molecule has 0 saturated heterocycles. The molecule has 0 saturated carbocycles. The molecule has 4 nitrogen and oxygen atoms in total. The molecule has 3 rings (SSSR count). The first-order chi connectivity index (χ1) is 14.0. The maximum atomic E-state index is 12.9. The quantitative estimate of drug-likeness (QED) is 0.357. The van der Waals surface area contributed by atoms with Gasteiger partial charge in [0.2, 0.25) is 0 Å². The lowest BCUT2D eigenvalue weighted by atomic mass is 10.2. The molecule has 0 aliphatic carbocycles. The van der Waals surface area contributed by atoms with E-state index < -0.39 is 20.3 Å². The Balaban J connectivity index is 2.09. The van der Waals surface area contributed by atoms with Crippen LogP contribution in [0.5, 0.6) is 0 Å². The molecule has 5 heteroatoms. The topological polar surface area (TPSA) is 63.6 Å². The van der Waals surface area contributed by atoms with Gasteiger partial charge >= 0.3 is 14.3 Å². The molecule has 0 amide bonds. The minimum atomic E-state index is -3.11. The second kappa shape index (κ2) is 9.17. The van der Waals surface area contributed by atoms with Crippen molar-refractivity contribution in [2.45, 2.75) is 12.8 Å². The third-order valence-corrected chi connectivity index (χ3v) is 8.71. The van der Waals surface area contributed by atoms with Crippen LogP contribution in [0, 0.1) is 0 Å². The largest absolute Gasteiger partial charge is 0.506 e. The van der Waals surface area contributed by atoms with Gasteiger partial charge in [-0.1, -0.05) is 97.6 Å². The molecular weight excluding hydrogens is 380 g/mol. The molecule has 0 aliphatic heterocycles. The van der Waals surface area contributed by atoms with E-state index in [0.717, 1.165) is 15.6 Å². The number of carbonyl (C=O) groups is 2. The molecule has 1 N–H and O–H groups in total. The van der Waals surface area contributed by atoms with Crippen molar-refractivity contribution in [1.29, 1.82) is 0 Å².